The van der Waals surface area contributed by atoms with Gasteiger partial charge in [-0.15, -0.1) is 0 Å². The van der Waals surface area contributed by atoms with Crippen molar-refractivity contribution in [3.8, 4) is 0 Å². The SMILES string of the molecule is CC(=O)CCCC(=O)[C@@H](N)Cc1ncc[nH]1.CC(=O)CCNC(=O)[C@H](C)CC(=O)[C@@H](N)Cc1ncc[nH]1.CC(=O)COCC(=O)[C@@H](N)Cc1ncc[nH]1.CC(=O)CONC(=O)[C@H](C)CC(=O)[C@@H](N)Cc1ncc[nH]1.CC(=O)CONC[C@H](C)CC(=O)[C@@H](N)Cc1ncc[nH]1.CC(=O)[C@H](C)CCC(=O)[C@@H](N)Cc1ncc[nH]1. The fraction of sp³-hybridized carbons (Fsp3) is 0.562. The van der Waals surface area contributed by atoms with Gasteiger partial charge in [0.25, 0.3) is 0 Å². The van der Waals surface area contributed by atoms with E-state index < -0.39 is 54.0 Å². The molecule has 6 aromatic heterocycles. The first-order valence-corrected chi connectivity index (χ1v) is 36.2. The third-order valence-electron chi connectivity index (χ3n) is 15.8. The van der Waals surface area contributed by atoms with Gasteiger partial charge in [0.1, 0.15) is 96.1 Å². The van der Waals surface area contributed by atoms with E-state index in [9.17, 15) is 67.1 Å². The van der Waals surface area contributed by atoms with Gasteiger partial charge in [0.2, 0.25) is 11.8 Å². The predicted octanol–water partition coefficient (Wildman–Crippen LogP) is 0.383. The number of amides is 2. The molecular formula is C73H115N21O17. The summed E-state index contributed by atoms with van der Waals surface area (Å²) in [4.78, 5) is 209. The van der Waals surface area contributed by atoms with Crippen LogP contribution in [-0.4, -0.2) is 217 Å². The van der Waals surface area contributed by atoms with Crippen molar-refractivity contribution in [2.45, 2.75) is 202 Å². The number of carbonyl (C=O) groups is 14. The van der Waals surface area contributed by atoms with E-state index in [2.05, 4.69) is 76.1 Å². The Morgan fingerprint density at radius 2 is 0.703 bits per heavy atom. The summed E-state index contributed by atoms with van der Waals surface area (Å²) in [7, 11) is 0. The average molecular weight is 1560 g/mol. The van der Waals surface area contributed by atoms with Crippen molar-refractivity contribution in [3.63, 3.8) is 0 Å². The molecule has 0 saturated heterocycles. The molecule has 21 N–H and O–H groups in total. The first-order chi connectivity index (χ1) is 52.5. The standard InChI is InChI=1S/C14H22N4O3.C13H20N4O4.C13H22N4O3.C12H19N3O2.C11H17N3O2.C10H15N3O3/c1-9(14(21)18-4-3-10(2)19)7-12(20)11(15)8-13-16-5-6-17-13;1-8(13(20)17-21-7-9(2)18)5-11(19)10(14)6-12-15-3-4-16-12;1-9(7-17-20-8-10(2)18)5-12(19)11(14)6-13-15-3-4-16-13;1-8(9(2)16)3-4-11(17)10(13)7-12-14-5-6-15-12;1-8(15)3-2-4-10(16)9(12)7-11-13-5-6-14-11;1-7(14)5-16-6-9(15)8(11)4-10-12-2-3-13-10/h5-6,9,11H,3-4,7-8,15H2,1-2H3,(H,16,17)(H,18,21);3-4,8,10H,5-7,14H2,1-2H3,(H,15,16)(H,17,20);3-4,9,11,17H,5-8,14H2,1-2H3,(H,15,16);5-6,8,10H,3-4,7,13H2,1-2H3,(H,14,15);5-6,9H,2-4,7,12H2,1H3,(H,13,14);2-3,8H,4-6,11H2,1H3,(H,12,13)/t9-,11+;8-,10+;9-,11+;8-,10+;9-;8-/m111100/s1. The molecule has 0 radical (unpaired) electrons. The van der Waals surface area contributed by atoms with E-state index in [1.807, 2.05) is 13.8 Å². The molecule has 0 bridgehead atoms. The summed E-state index contributed by atoms with van der Waals surface area (Å²) in [5.41, 5.74) is 39.4. The third-order valence-corrected chi connectivity index (χ3v) is 15.8. The molecule has 0 aliphatic carbocycles. The number of H-pyrrole nitrogens is 6. The second kappa shape index (κ2) is 57.0. The Balaban J connectivity index is 0.000000668. The lowest BCUT2D eigenvalue weighted by atomic mass is 9.97. The Hall–Kier alpha value is -10.2. The van der Waals surface area contributed by atoms with Crippen molar-refractivity contribution in [2.24, 2.45) is 58.1 Å². The molecule has 0 unspecified atom stereocenters. The molecular weight excluding hydrogens is 1440 g/mol. The Kier molecular flexibility index (Phi) is 50.7. The molecule has 10 atom stereocenters. The summed E-state index contributed by atoms with van der Waals surface area (Å²) in [6.07, 6.45) is 25.0. The lowest BCUT2D eigenvalue weighted by molar-refractivity contribution is -0.142. The number of imidazole rings is 6. The van der Waals surface area contributed by atoms with Gasteiger partial charge in [-0.1, -0.05) is 27.7 Å². The Bertz CT molecular complexity index is 3520. The number of hydrogen-bond donors (Lipinski definition) is 15. The number of hydrogen-bond acceptors (Lipinski definition) is 30. The van der Waals surface area contributed by atoms with E-state index in [0.717, 1.165) is 0 Å². The summed E-state index contributed by atoms with van der Waals surface area (Å²) in [6, 6.07) is -3.67. The predicted molar refractivity (Wildman–Crippen MR) is 406 cm³/mol. The number of aromatic amines is 6. The Morgan fingerprint density at radius 3 is 1.05 bits per heavy atom. The topological polar surface area (TPSA) is 631 Å². The quantitative estimate of drug-likeness (QED) is 0.0181. The fourth-order valence-corrected chi connectivity index (χ4v) is 9.10. The smallest absolute Gasteiger partial charge is 0.246 e. The van der Waals surface area contributed by atoms with E-state index >= 15 is 0 Å². The zero-order chi connectivity index (χ0) is 83.4. The van der Waals surface area contributed by atoms with Gasteiger partial charge < -0.3 is 79.2 Å². The molecule has 38 heteroatoms. The van der Waals surface area contributed by atoms with E-state index in [0.29, 0.717) is 132 Å². The van der Waals surface area contributed by atoms with Gasteiger partial charge in [-0.2, -0.15) is 0 Å². The number of rotatable bonds is 49. The highest BCUT2D eigenvalue weighted by atomic mass is 16.7. The van der Waals surface area contributed by atoms with Crippen LogP contribution in [0.25, 0.3) is 0 Å². The van der Waals surface area contributed by atoms with Crippen LogP contribution in [0.4, 0.5) is 0 Å². The number of nitrogens with one attached hydrogen (secondary N) is 9. The van der Waals surface area contributed by atoms with Gasteiger partial charge in [0, 0.05) is 189 Å². The van der Waals surface area contributed by atoms with Crippen molar-refractivity contribution in [1.82, 2.24) is 76.1 Å². The first kappa shape index (κ1) is 98.8. The van der Waals surface area contributed by atoms with E-state index in [1.165, 1.54) is 41.5 Å². The van der Waals surface area contributed by atoms with Gasteiger partial charge in [-0.3, -0.25) is 72.0 Å². The minimum absolute atomic E-state index is 0.00284. The first-order valence-electron chi connectivity index (χ1n) is 36.2. The van der Waals surface area contributed by atoms with Crippen LogP contribution < -0.4 is 50.7 Å². The number of nitrogens with two attached hydrogens (primary N) is 6. The molecule has 0 aliphatic heterocycles. The minimum Gasteiger partial charge on any atom is -0.366 e. The molecule has 6 aromatic rings. The highest BCUT2D eigenvalue weighted by molar-refractivity contribution is 5.91. The zero-order valence-corrected chi connectivity index (χ0v) is 65.1. The van der Waals surface area contributed by atoms with Crippen LogP contribution in [0.15, 0.2) is 74.4 Å². The molecule has 6 rings (SSSR count). The van der Waals surface area contributed by atoms with Crippen molar-refractivity contribution >= 4 is 81.2 Å². The number of hydroxylamine groups is 2. The molecule has 111 heavy (non-hydrogen) atoms. The van der Waals surface area contributed by atoms with Gasteiger partial charge in [-0.25, -0.2) is 40.9 Å². The van der Waals surface area contributed by atoms with Crippen molar-refractivity contribution in [1.29, 1.82) is 0 Å². The van der Waals surface area contributed by atoms with E-state index in [4.69, 9.17) is 48.8 Å². The number of Topliss-reactive ketones (excluding diaryl/α,β-unsaturated/α-hetero) is 12. The summed E-state index contributed by atoms with van der Waals surface area (Å²) in [6.45, 7) is 16.1. The lowest BCUT2D eigenvalue weighted by Gasteiger charge is -2.14. The molecule has 0 fully saturated rings. The van der Waals surface area contributed by atoms with Gasteiger partial charge >= 0.3 is 0 Å². The van der Waals surface area contributed by atoms with Crippen LogP contribution in [0.5, 0.6) is 0 Å². The Morgan fingerprint density at radius 1 is 0.369 bits per heavy atom. The fourth-order valence-electron chi connectivity index (χ4n) is 9.10. The van der Waals surface area contributed by atoms with Crippen LogP contribution in [0.2, 0.25) is 0 Å². The molecule has 614 valence electrons. The number of ether oxygens (including phenoxy) is 1. The lowest BCUT2D eigenvalue weighted by Crippen LogP contribution is -2.37. The zero-order valence-electron chi connectivity index (χ0n) is 65.1. The molecule has 0 aliphatic rings. The third kappa shape index (κ3) is 48.9. The van der Waals surface area contributed by atoms with Crippen molar-refractivity contribution in [3.05, 3.63) is 109 Å². The van der Waals surface area contributed by atoms with Crippen LogP contribution in [0.1, 0.15) is 162 Å². The molecule has 0 saturated carbocycles. The highest BCUT2D eigenvalue weighted by Gasteiger charge is 2.25. The summed E-state index contributed by atoms with van der Waals surface area (Å²) in [5, 5.41) is 2.63. The molecule has 38 nitrogen and oxygen atoms in total. The largest absolute Gasteiger partial charge is 0.366 e. The van der Waals surface area contributed by atoms with E-state index in [1.54, 1.807) is 88.2 Å². The molecule has 0 aromatic carbocycles. The molecule has 2 amide bonds. The van der Waals surface area contributed by atoms with Crippen LogP contribution in [0, 0.1) is 23.7 Å². The van der Waals surface area contributed by atoms with Crippen molar-refractivity contribution < 1.29 is 81.5 Å². The van der Waals surface area contributed by atoms with Crippen molar-refractivity contribution in [2.75, 3.05) is 39.5 Å². The second-order valence-corrected chi connectivity index (χ2v) is 26.7. The highest BCUT2D eigenvalue weighted by Crippen LogP contribution is 2.12. The van der Waals surface area contributed by atoms with Crippen LogP contribution in [0.3, 0.4) is 0 Å². The van der Waals surface area contributed by atoms with Gasteiger partial charge in [-0.05, 0) is 60.3 Å². The maximum absolute atomic E-state index is 12.0. The summed E-state index contributed by atoms with van der Waals surface area (Å²) < 4.78 is 4.89. The normalized spacial score (nSPS) is 13.4. The number of nitrogens with zero attached hydrogens (tertiary/aromatic N) is 6. The maximum atomic E-state index is 12.0. The molecule has 6 heterocycles. The number of carbonyl (C=O) groups excluding carboxylic acids is 14. The number of aromatic nitrogens is 12. The molecule has 0 spiro atoms. The van der Waals surface area contributed by atoms with Crippen LogP contribution in [-0.2, 0) is 120 Å². The maximum Gasteiger partial charge on any atom is 0.246 e. The monoisotopic (exact) mass is 1560 g/mol. The summed E-state index contributed by atoms with van der Waals surface area (Å²) >= 11 is 0. The van der Waals surface area contributed by atoms with E-state index in [-0.39, 0.29) is 126 Å². The van der Waals surface area contributed by atoms with Crippen LogP contribution >= 0.6 is 0 Å². The summed E-state index contributed by atoms with van der Waals surface area (Å²) in [5.74, 6) is 1.46. The Labute approximate surface area is 645 Å². The van der Waals surface area contributed by atoms with Gasteiger partial charge in [0.15, 0.2) is 34.7 Å². The minimum atomic E-state index is -0.718. The average Bonchev–Trinajstić information content (AvgIpc) is 1.88. The number of ketones is 12. The second-order valence-electron chi connectivity index (χ2n) is 26.7. The van der Waals surface area contributed by atoms with Gasteiger partial charge in [0.05, 0.1) is 36.3 Å².